The van der Waals surface area contributed by atoms with Crippen molar-refractivity contribution in [2.45, 2.75) is 20.8 Å². The number of ether oxygens (including phenoxy) is 1. The second-order valence-electron chi connectivity index (χ2n) is 3.27. The summed E-state index contributed by atoms with van der Waals surface area (Å²) in [6.07, 6.45) is 3.96. The summed E-state index contributed by atoms with van der Waals surface area (Å²) in [7, 11) is 0. The summed E-state index contributed by atoms with van der Waals surface area (Å²) in [4.78, 5) is 0. The Balaban J connectivity index is 2.62. The molecule has 1 aliphatic heterocycles. The third kappa shape index (κ3) is 1.09. The Labute approximate surface area is 56.7 Å². The molecule has 0 N–H and O–H groups in total. The largest absolute Gasteiger partial charge is 0.501 e. The minimum atomic E-state index is 0.292. The Morgan fingerprint density at radius 3 is 2.44 bits per heavy atom. The molecule has 1 heterocycles. The molecular formula is C8H14O. The topological polar surface area (TPSA) is 9.23 Å². The Hall–Kier alpha value is -0.460. The van der Waals surface area contributed by atoms with E-state index in [1.807, 2.05) is 0 Å². The maximum absolute atomic E-state index is 5.14. The summed E-state index contributed by atoms with van der Waals surface area (Å²) >= 11 is 0. The van der Waals surface area contributed by atoms with E-state index in [4.69, 9.17) is 4.74 Å². The maximum atomic E-state index is 5.14. The highest BCUT2D eigenvalue weighted by molar-refractivity contribution is 5.00. The van der Waals surface area contributed by atoms with Gasteiger partial charge in [-0.25, -0.2) is 0 Å². The zero-order valence-corrected chi connectivity index (χ0v) is 6.35. The summed E-state index contributed by atoms with van der Waals surface area (Å²) < 4.78 is 5.14. The molecule has 1 atom stereocenters. The minimum Gasteiger partial charge on any atom is -0.501 e. The molecule has 0 bridgehead atoms. The van der Waals surface area contributed by atoms with Crippen LogP contribution in [0.4, 0.5) is 0 Å². The molecule has 52 valence electrons. The van der Waals surface area contributed by atoms with E-state index in [1.54, 1.807) is 6.26 Å². The maximum Gasteiger partial charge on any atom is 0.0964 e. The van der Waals surface area contributed by atoms with Crippen LogP contribution in [0.15, 0.2) is 12.3 Å². The van der Waals surface area contributed by atoms with Gasteiger partial charge in [0.1, 0.15) is 0 Å². The highest BCUT2D eigenvalue weighted by Gasteiger charge is 2.28. The molecule has 9 heavy (non-hydrogen) atoms. The number of rotatable bonds is 1. The van der Waals surface area contributed by atoms with Gasteiger partial charge in [-0.05, 0) is 12.0 Å². The van der Waals surface area contributed by atoms with Crippen LogP contribution in [0.25, 0.3) is 0 Å². The molecule has 0 aliphatic carbocycles. The van der Waals surface area contributed by atoms with E-state index in [0.29, 0.717) is 11.3 Å². The smallest absolute Gasteiger partial charge is 0.0964 e. The Bertz CT molecular complexity index is 127. The standard InChI is InChI=1S/C8H14O/c1-7(2)8(3)4-5-9-6-8/h4-5,7H,6H2,1-3H3. The summed E-state index contributed by atoms with van der Waals surface area (Å²) in [5.41, 5.74) is 0.292. The van der Waals surface area contributed by atoms with Crippen LogP contribution in [0, 0.1) is 11.3 Å². The number of hydrogen-bond acceptors (Lipinski definition) is 1. The molecule has 1 heteroatoms. The van der Waals surface area contributed by atoms with E-state index in [9.17, 15) is 0 Å². The van der Waals surface area contributed by atoms with Gasteiger partial charge in [-0.15, -0.1) is 0 Å². The van der Waals surface area contributed by atoms with Crippen LogP contribution in [0.5, 0.6) is 0 Å². The molecule has 1 rings (SSSR count). The van der Waals surface area contributed by atoms with Crippen LogP contribution >= 0.6 is 0 Å². The lowest BCUT2D eigenvalue weighted by atomic mass is 9.81. The van der Waals surface area contributed by atoms with E-state index in [-0.39, 0.29) is 0 Å². The lowest BCUT2D eigenvalue weighted by Crippen LogP contribution is -2.22. The van der Waals surface area contributed by atoms with Gasteiger partial charge in [-0.3, -0.25) is 0 Å². The van der Waals surface area contributed by atoms with E-state index in [1.165, 1.54) is 0 Å². The zero-order valence-electron chi connectivity index (χ0n) is 6.35. The molecular weight excluding hydrogens is 112 g/mol. The van der Waals surface area contributed by atoms with E-state index in [0.717, 1.165) is 6.61 Å². The second-order valence-corrected chi connectivity index (χ2v) is 3.27. The van der Waals surface area contributed by atoms with Crippen LogP contribution in [0.3, 0.4) is 0 Å². The van der Waals surface area contributed by atoms with Crippen molar-refractivity contribution in [1.82, 2.24) is 0 Å². The third-order valence-electron chi connectivity index (χ3n) is 2.26. The van der Waals surface area contributed by atoms with Crippen molar-refractivity contribution in [2.75, 3.05) is 6.61 Å². The fraction of sp³-hybridized carbons (Fsp3) is 0.750. The first-order valence-corrected chi connectivity index (χ1v) is 3.44. The molecule has 0 radical (unpaired) electrons. The molecule has 0 amide bonds. The van der Waals surface area contributed by atoms with Gasteiger partial charge in [0.05, 0.1) is 12.9 Å². The van der Waals surface area contributed by atoms with Crippen LogP contribution in [-0.4, -0.2) is 6.61 Å². The lowest BCUT2D eigenvalue weighted by Gasteiger charge is -2.24. The first-order chi connectivity index (χ1) is 4.15. The van der Waals surface area contributed by atoms with Gasteiger partial charge in [0, 0.05) is 5.41 Å². The predicted molar refractivity (Wildman–Crippen MR) is 38.0 cm³/mol. The molecule has 0 aromatic heterocycles. The van der Waals surface area contributed by atoms with Crippen molar-refractivity contribution in [3.8, 4) is 0 Å². The highest BCUT2D eigenvalue weighted by atomic mass is 16.5. The summed E-state index contributed by atoms with van der Waals surface area (Å²) in [5, 5.41) is 0. The van der Waals surface area contributed by atoms with Crippen molar-refractivity contribution in [2.24, 2.45) is 11.3 Å². The third-order valence-corrected chi connectivity index (χ3v) is 2.26. The normalized spacial score (nSPS) is 33.3. The van der Waals surface area contributed by atoms with E-state index < -0.39 is 0 Å². The van der Waals surface area contributed by atoms with Crippen LogP contribution in [0.2, 0.25) is 0 Å². The number of hydrogen-bond donors (Lipinski definition) is 0. The Morgan fingerprint density at radius 2 is 2.22 bits per heavy atom. The highest BCUT2D eigenvalue weighted by Crippen LogP contribution is 2.32. The fourth-order valence-corrected chi connectivity index (χ4v) is 0.838. The Morgan fingerprint density at radius 1 is 1.56 bits per heavy atom. The summed E-state index contributed by atoms with van der Waals surface area (Å²) in [5.74, 6) is 0.677. The van der Waals surface area contributed by atoms with E-state index in [2.05, 4.69) is 26.8 Å². The van der Waals surface area contributed by atoms with Gasteiger partial charge < -0.3 is 4.74 Å². The van der Waals surface area contributed by atoms with E-state index >= 15 is 0 Å². The van der Waals surface area contributed by atoms with Crippen molar-refractivity contribution in [1.29, 1.82) is 0 Å². The van der Waals surface area contributed by atoms with Crippen molar-refractivity contribution < 1.29 is 4.74 Å². The molecule has 0 spiro atoms. The average Bonchev–Trinajstić information content (AvgIpc) is 2.16. The fourth-order valence-electron chi connectivity index (χ4n) is 0.838. The Kier molecular flexibility index (Phi) is 1.52. The van der Waals surface area contributed by atoms with Gasteiger partial charge >= 0.3 is 0 Å². The van der Waals surface area contributed by atoms with Gasteiger partial charge in [-0.1, -0.05) is 20.8 Å². The minimum absolute atomic E-state index is 0.292. The monoisotopic (exact) mass is 126 g/mol. The molecule has 1 unspecified atom stereocenters. The first-order valence-electron chi connectivity index (χ1n) is 3.44. The molecule has 0 aromatic rings. The molecule has 1 nitrogen and oxygen atoms in total. The zero-order chi connectivity index (χ0) is 6.91. The van der Waals surface area contributed by atoms with Gasteiger partial charge in [0.2, 0.25) is 0 Å². The van der Waals surface area contributed by atoms with Crippen molar-refractivity contribution >= 4 is 0 Å². The van der Waals surface area contributed by atoms with Crippen LogP contribution < -0.4 is 0 Å². The van der Waals surface area contributed by atoms with Crippen molar-refractivity contribution in [3.05, 3.63) is 12.3 Å². The first kappa shape index (κ1) is 6.66. The molecule has 0 saturated heterocycles. The van der Waals surface area contributed by atoms with Crippen LogP contribution in [-0.2, 0) is 4.74 Å². The van der Waals surface area contributed by atoms with Gasteiger partial charge in [0.15, 0.2) is 0 Å². The molecule has 0 fully saturated rings. The quantitative estimate of drug-likeness (QED) is 0.523. The molecule has 0 saturated carbocycles. The molecule has 0 aromatic carbocycles. The summed E-state index contributed by atoms with van der Waals surface area (Å²) in [6.45, 7) is 7.52. The SMILES string of the molecule is CC(C)C1(C)C=COC1. The van der Waals surface area contributed by atoms with Gasteiger partial charge in [0.25, 0.3) is 0 Å². The lowest BCUT2D eigenvalue weighted by molar-refractivity contribution is 0.160. The predicted octanol–water partition coefficient (Wildman–Crippen LogP) is 2.19. The van der Waals surface area contributed by atoms with Crippen LogP contribution in [0.1, 0.15) is 20.8 Å². The molecule has 1 aliphatic rings. The second kappa shape index (κ2) is 2.05. The van der Waals surface area contributed by atoms with Crippen molar-refractivity contribution in [3.63, 3.8) is 0 Å². The summed E-state index contributed by atoms with van der Waals surface area (Å²) in [6, 6.07) is 0. The van der Waals surface area contributed by atoms with Gasteiger partial charge in [-0.2, -0.15) is 0 Å². The average molecular weight is 126 g/mol.